The first-order valence-corrected chi connectivity index (χ1v) is 12.2. The molecule has 0 spiro atoms. The van der Waals surface area contributed by atoms with E-state index >= 15 is 0 Å². The normalized spacial score (nSPS) is 38.1. The smallest absolute Gasteiger partial charge is 0.0603 e. The van der Waals surface area contributed by atoms with Crippen LogP contribution in [0.1, 0.15) is 96.8 Å². The summed E-state index contributed by atoms with van der Waals surface area (Å²) >= 11 is 0. The number of ether oxygens (including phenoxy) is 1. The maximum Gasteiger partial charge on any atom is 0.0603 e. The van der Waals surface area contributed by atoms with E-state index in [0.29, 0.717) is 6.10 Å². The molecule has 0 amide bonds. The standard InChI is InChI=1S/C26H44O/c1-3-5-6-7-24-16-19-26(27-20-24)25-17-14-23(15-18-25)13-12-22-10-8-21(4-2)9-11-22/h4,12-13,21-26H,2-3,5-11,14-20H2,1H3. The van der Waals surface area contributed by atoms with Crippen LogP contribution < -0.4 is 0 Å². The molecule has 2 atom stereocenters. The molecule has 1 heterocycles. The molecule has 2 saturated carbocycles. The Morgan fingerprint density at radius 1 is 0.778 bits per heavy atom. The fourth-order valence-electron chi connectivity index (χ4n) is 5.71. The van der Waals surface area contributed by atoms with Gasteiger partial charge in [0.25, 0.3) is 0 Å². The van der Waals surface area contributed by atoms with Crippen LogP contribution in [0.2, 0.25) is 0 Å². The van der Waals surface area contributed by atoms with Crippen molar-refractivity contribution in [2.24, 2.45) is 29.6 Å². The highest BCUT2D eigenvalue weighted by Crippen LogP contribution is 2.38. The summed E-state index contributed by atoms with van der Waals surface area (Å²) in [6.45, 7) is 7.31. The molecule has 3 fully saturated rings. The fourth-order valence-corrected chi connectivity index (χ4v) is 5.71. The van der Waals surface area contributed by atoms with E-state index in [-0.39, 0.29) is 0 Å². The molecule has 1 heteroatoms. The average Bonchev–Trinajstić information content (AvgIpc) is 2.74. The minimum Gasteiger partial charge on any atom is -0.378 e. The van der Waals surface area contributed by atoms with Crippen LogP contribution in [0.5, 0.6) is 0 Å². The lowest BCUT2D eigenvalue weighted by Gasteiger charge is -2.37. The van der Waals surface area contributed by atoms with Crippen molar-refractivity contribution in [2.75, 3.05) is 6.61 Å². The number of hydrogen-bond acceptors (Lipinski definition) is 1. The molecule has 2 aliphatic carbocycles. The molecular formula is C26H44O. The van der Waals surface area contributed by atoms with Crippen LogP contribution in [-0.4, -0.2) is 12.7 Å². The number of rotatable bonds is 8. The molecule has 3 aliphatic rings. The minimum atomic E-state index is 0.575. The van der Waals surface area contributed by atoms with Crippen molar-refractivity contribution >= 4 is 0 Å². The van der Waals surface area contributed by atoms with Crippen molar-refractivity contribution in [3.63, 3.8) is 0 Å². The van der Waals surface area contributed by atoms with Crippen LogP contribution in [0.3, 0.4) is 0 Å². The molecule has 0 aromatic carbocycles. The van der Waals surface area contributed by atoms with Gasteiger partial charge in [0.15, 0.2) is 0 Å². The van der Waals surface area contributed by atoms with E-state index in [1.165, 1.54) is 89.9 Å². The van der Waals surface area contributed by atoms with Gasteiger partial charge in [-0.25, -0.2) is 0 Å². The van der Waals surface area contributed by atoms with Crippen LogP contribution in [0.4, 0.5) is 0 Å². The summed E-state index contributed by atoms with van der Waals surface area (Å²) < 4.78 is 6.35. The van der Waals surface area contributed by atoms with Gasteiger partial charge in [0.2, 0.25) is 0 Å². The Morgan fingerprint density at radius 3 is 1.96 bits per heavy atom. The second-order valence-corrected chi connectivity index (χ2v) is 9.78. The Hall–Kier alpha value is -0.560. The third-order valence-corrected chi connectivity index (χ3v) is 7.77. The first kappa shape index (κ1) is 21.2. The molecule has 3 rings (SSSR count). The van der Waals surface area contributed by atoms with Crippen molar-refractivity contribution in [1.29, 1.82) is 0 Å². The lowest BCUT2D eigenvalue weighted by Crippen LogP contribution is -2.34. The Kier molecular flexibility index (Phi) is 8.97. The summed E-state index contributed by atoms with van der Waals surface area (Å²) in [5.41, 5.74) is 0. The Balaban J connectivity index is 1.31. The molecule has 0 radical (unpaired) electrons. The molecule has 1 nitrogen and oxygen atoms in total. The van der Waals surface area contributed by atoms with Gasteiger partial charge in [-0.1, -0.05) is 44.4 Å². The summed E-state index contributed by atoms with van der Waals surface area (Å²) in [4.78, 5) is 0. The van der Waals surface area contributed by atoms with Gasteiger partial charge >= 0.3 is 0 Å². The van der Waals surface area contributed by atoms with Gasteiger partial charge in [-0.2, -0.15) is 0 Å². The summed E-state index contributed by atoms with van der Waals surface area (Å²) in [5.74, 6) is 4.15. The molecule has 1 aliphatic heterocycles. The van der Waals surface area contributed by atoms with E-state index in [2.05, 4.69) is 31.7 Å². The van der Waals surface area contributed by atoms with Gasteiger partial charge in [0, 0.05) is 6.61 Å². The van der Waals surface area contributed by atoms with Crippen molar-refractivity contribution in [2.45, 2.75) is 103 Å². The summed E-state index contributed by atoms with van der Waals surface area (Å²) in [6, 6.07) is 0. The number of allylic oxidation sites excluding steroid dienone is 3. The Morgan fingerprint density at radius 2 is 1.41 bits per heavy atom. The minimum absolute atomic E-state index is 0.575. The topological polar surface area (TPSA) is 9.23 Å². The number of hydrogen-bond donors (Lipinski definition) is 0. The zero-order chi connectivity index (χ0) is 18.9. The van der Waals surface area contributed by atoms with Crippen molar-refractivity contribution in [3.8, 4) is 0 Å². The number of unbranched alkanes of at least 4 members (excludes halogenated alkanes) is 2. The van der Waals surface area contributed by atoms with Crippen LogP contribution >= 0.6 is 0 Å². The van der Waals surface area contributed by atoms with Gasteiger partial charge in [-0.05, 0) is 100 Å². The van der Waals surface area contributed by atoms with Crippen molar-refractivity contribution < 1.29 is 4.74 Å². The monoisotopic (exact) mass is 372 g/mol. The molecular weight excluding hydrogens is 328 g/mol. The highest BCUT2D eigenvalue weighted by molar-refractivity contribution is 4.98. The first-order valence-electron chi connectivity index (χ1n) is 12.2. The summed E-state index contributed by atoms with van der Waals surface area (Å²) in [6.07, 6.45) is 27.2. The molecule has 27 heavy (non-hydrogen) atoms. The summed E-state index contributed by atoms with van der Waals surface area (Å²) in [7, 11) is 0. The maximum absolute atomic E-state index is 6.35. The first-order chi connectivity index (χ1) is 13.3. The molecule has 0 N–H and O–H groups in total. The molecule has 0 bridgehead atoms. The Labute approximate surface area is 169 Å². The van der Waals surface area contributed by atoms with Gasteiger partial charge in [-0.15, -0.1) is 6.58 Å². The van der Waals surface area contributed by atoms with Crippen molar-refractivity contribution in [3.05, 3.63) is 24.8 Å². The SMILES string of the molecule is C=CC1CCC(C=CC2CCC(C3CCC(CCCCC)CO3)CC2)CC1. The van der Waals surface area contributed by atoms with E-state index in [1.807, 2.05) is 0 Å². The lowest BCUT2D eigenvalue weighted by molar-refractivity contribution is -0.0585. The predicted molar refractivity (Wildman–Crippen MR) is 117 cm³/mol. The zero-order valence-corrected chi connectivity index (χ0v) is 17.9. The predicted octanol–water partition coefficient (Wildman–Crippen LogP) is 7.72. The molecule has 1 saturated heterocycles. The zero-order valence-electron chi connectivity index (χ0n) is 17.9. The third kappa shape index (κ3) is 6.77. The van der Waals surface area contributed by atoms with Crippen LogP contribution in [0, 0.1) is 29.6 Å². The lowest BCUT2D eigenvalue weighted by atomic mass is 9.76. The van der Waals surface area contributed by atoms with Gasteiger partial charge in [0.1, 0.15) is 0 Å². The molecule has 2 unspecified atom stereocenters. The largest absolute Gasteiger partial charge is 0.378 e. The van der Waals surface area contributed by atoms with E-state index in [1.54, 1.807) is 0 Å². The highest BCUT2D eigenvalue weighted by Gasteiger charge is 2.31. The van der Waals surface area contributed by atoms with E-state index < -0.39 is 0 Å². The van der Waals surface area contributed by atoms with Gasteiger partial charge in [0.05, 0.1) is 6.10 Å². The summed E-state index contributed by atoms with van der Waals surface area (Å²) in [5, 5.41) is 0. The van der Waals surface area contributed by atoms with E-state index in [9.17, 15) is 0 Å². The maximum atomic E-state index is 6.35. The fraction of sp³-hybridized carbons (Fsp3) is 0.846. The van der Waals surface area contributed by atoms with E-state index in [4.69, 9.17) is 4.74 Å². The average molecular weight is 373 g/mol. The van der Waals surface area contributed by atoms with Crippen LogP contribution in [-0.2, 0) is 4.74 Å². The van der Waals surface area contributed by atoms with Crippen molar-refractivity contribution in [1.82, 2.24) is 0 Å². The van der Waals surface area contributed by atoms with E-state index in [0.717, 1.165) is 36.2 Å². The second-order valence-electron chi connectivity index (χ2n) is 9.78. The second kappa shape index (κ2) is 11.4. The third-order valence-electron chi connectivity index (χ3n) is 7.77. The quantitative estimate of drug-likeness (QED) is 0.313. The highest BCUT2D eigenvalue weighted by atomic mass is 16.5. The van der Waals surface area contributed by atoms with Gasteiger partial charge in [-0.3, -0.25) is 0 Å². The van der Waals surface area contributed by atoms with Crippen LogP contribution in [0.25, 0.3) is 0 Å². The molecule has 0 aromatic heterocycles. The molecule has 0 aromatic rings. The molecule has 154 valence electrons. The van der Waals surface area contributed by atoms with Crippen LogP contribution in [0.15, 0.2) is 24.8 Å². The Bertz CT molecular complexity index is 429. The van der Waals surface area contributed by atoms with Gasteiger partial charge < -0.3 is 4.74 Å².